The van der Waals surface area contributed by atoms with Crippen molar-refractivity contribution in [3.63, 3.8) is 0 Å². The molecule has 0 aromatic carbocycles. The topological polar surface area (TPSA) is 39.1 Å². The fourth-order valence-corrected chi connectivity index (χ4v) is 2.47. The van der Waals surface area contributed by atoms with E-state index in [0.717, 1.165) is 32.0 Å². The molecular formula is C14H27N3. The van der Waals surface area contributed by atoms with Crippen LogP contribution < -0.4 is 5.32 Å². The second-order valence-electron chi connectivity index (χ2n) is 5.71. The van der Waals surface area contributed by atoms with Crippen LogP contribution in [0.3, 0.4) is 0 Å². The third kappa shape index (κ3) is 5.06. The summed E-state index contributed by atoms with van der Waals surface area (Å²) in [5, 5.41) is 12.6. The van der Waals surface area contributed by atoms with Gasteiger partial charge in [-0.1, -0.05) is 6.92 Å². The second kappa shape index (κ2) is 6.37. The lowest BCUT2D eigenvalue weighted by Crippen LogP contribution is -2.45. The quantitative estimate of drug-likeness (QED) is 0.705. The van der Waals surface area contributed by atoms with Gasteiger partial charge < -0.3 is 4.90 Å². The first-order valence-electron chi connectivity index (χ1n) is 6.93. The van der Waals surface area contributed by atoms with Crippen LogP contribution in [0.1, 0.15) is 53.4 Å². The number of nitrogens with zero attached hydrogens (tertiary/aromatic N) is 2. The minimum atomic E-state index is -0.364. The summed E-state index contributed by atoms with van der Waals surface area (Å²) >= 11 is 0. The fourth-order valence-electron chi connectivity index (χ4n) is 2.47. The smallest absolute Gasteiger partial charge is 0.104 e. The molecule has 1 fully saturated rings. The van der Waals surface area contributed by atoms with Gasteiger partial charge in [-0.05, 0) is 59.5 Å². The zero-order valence-electron chi connectivity index (χ0n) is 11.8. The molecule has 1 rings (SSSR count). The number of nitrogens with one attached hydrogen (secondary N) is 1. The Morgan fingerprint density at radius 1 is 1.47 bits per heavy atom. The lowest BCUT2D eigenvalue weighted by Gasteiger charge is -2.27. The van der Waals surface area contributed by atoms with Crippen LogP contribution >= 0.6 is 0 Å². The fraction of sp³-hybridized carbons (Fsp3) is 0.929. The Morgan fingerprint density at radius 3 is 2.53 bits per heavy atom. The van der Waals surface area contributed by atoms with Crippen LogP contribution in [0.25, 0.3) is 0 Å². The van der Waals surface area contributed by atoms with Gasteiger partial charge in [0.25, 0.3) is 0 Å². The van der Waals surface area contributed by atoms with E-state index in [-0.39, 0.29) is 5.54 Å². The predicted molar refractivity (Wildman–Crippen MR) is 71.8 cm³/mol. The first-order valence-corrected chi connectivity index (χ1v) is 6.93. The van der Waals surface area contributed by atoms with Gasteiger partial charge in [-0.15, -0.1) is 0 Å². The van der Waals surface area contributed by atoms with Crippen LogP contribution in [0, 0.1) is 11.3 Å². The van der Waals surface area contributed by atoms with Crippen LogP contribution in [0.5, 0.6) is 0 Å². The number of nitriles is 1. The number of hydrogen-bond acceptors (Lipinski definition) is 3. The van der Waals surface area contributed by atoms with Crippen molar-refractivity contribution in [1.29, 1.82) is 5.26 Å². The summed E-state index contributed by atoms with van der Waals surface area (Å²) in [6.07, 6.45) is 4.78. The van der Waals surface area contributed by atoms with E-state index in [1.54, 1.807) is 0 Å². The van der Waals surface area contributed by atoms with Crippen LogP contribution in [-0.4, -0.2) is 35.6 Å². The van der Waals surface area contributed by atoms with Crippen molar-refractivity contribution in [2.75, 3.05) is 13.1 Å². The molecule has 0 bridgehead atoms. The van der Waals surface area contributed by atoms with E-state index in [9.17, 15) is 5.26 Å². The molecule has 1 aliphatic rings. The first-order chi connectivity index (χ1) is 8.00. The maximum Gasteiger partial charge on any atom is 0.104 e. The largest absolute Gasteiger partial charge is 0.301 e. The average molecular weight is 237 g/mol. The lowest BCUT2D eigenvalue weighted by atomic mass is 9.96. The van der Waals surface area contributed by atoms with Crippen LogP contribution in [0.2, 0.25) is 0 Å². The van der Waals surface area contributed by atoms with Gasteiger partial charge in [0.05, 0.1) is 6.07 Å². The van der Waals surface area contributed by atoms with E-state index < -0.39 is 0 Å². The van der Waals surface area contributed by atoms with E-state index in [0.29, 0.717) is 6.04 Å². The molecule has 98 valence electrons. The Balaban J connectivity index is 2.29. The highest BCUT2D eigenvalue weighted by Gasteiger charge is 2.29. The van der Waals surface area contributed by atoms with Crippen molar-refractivity contribution in [3.05, 3.63) is 0 Å². The minimum absolute atomic E-state index is 0.364. The molecule has 0 spiro atoms. The van der Waals surface area contributed by atoms with Gasteiger partial charge in [-0.25, -0.2) is 0 Å². The molecule has 0 saturated heterocycles. The normalized spacial score (nSPS) is 19.4. The molecule has 1 saturated carbocycles. The molecule has 0 aliphatic heterocycles. The molecule has 0 aromatic rings. The molecule has 3 nitrogen and oxygen atoms in total. The summed E-state index contributed by atoms with van der Waals surface area (Å²) in [4.78, 5) is 2.55. The lowest BCUT2D eigenvalue weighted by molar-refractivity contribution is 0.257. The summed E-state index contributed by atoms with van der Waals surface area (Å²) in [6, 6.07) is 3.62. The molecule has 1 aliphatic carbocycles. The Morgan fingerprint density at radius 2 is 2.12 bits per heavy atom. The standard InChI is InChI=1S/C14H27N3/c1-5-17(13-7-8-13)10-6-9-14(4,11-15)16-12(2)3/h12-13,16H,5-10H2,1-4H3. The summed E-state index contributed by atoms with van der Waals surface area (Å²) in [6.45, 7) is 10.7. The van der Waals surface area contributed by atoms with E-state index in [4.69, 9.17) is 0 Å². The number of rotatable bonds is 8. The highest BCUT2D eigenvalue weighted by atomic mass is 15.2. The third-order valence-electron chi connectivity index (χ3n) is 3.45. The third-order valence-corrected chi connectivity index (χ3v) is 3.45. The van der Waals surface area contributed by atoms with Crippen molar-refractivity contribution >= 4 is 0 Å². The van der Waals surface area contributed by atoms with Crippen molar-refractivity contribution < 1.29 is 0 Å². The molecule has 0 radical (unpaired) electrons. The van der Waals surface area contributed by atoms with E-state index in [1.807, 2.05) is 6.92 Å². The molecule has 0 amide bonds. The van der Waals surface area contributed by atoms with Gasteiger partial charge >= 0.3 is 0 Å². The molecule has 1 N–H and O–H groups in total. The maximum atomic E-state index is 9.25. The van der Waals surface area contributed by atoms with Gasteiger partial charge in [0.2, 0.25) is 0 Å². The average Bonchev–Trinajstić information content (AvgIpc) is 3.07. The summed E-state index contributed by atoms with van der Waals surface area (Å²) < 4.78 is 0. The number of hydrogen-bond donors (Lipinski definition) is 1. The van der Waals surface area contributed by atoms with E-state index >= 15 is 0 Å². The van der Waals surface area contributed by atoms with Crippen LogP contribution in [0.15, 0.2) is 0 Å². The van der Waals surface area contributed by atoms with Crippen LogP contribution in [0.4, 0.5) is 0 Å². The summed E-state index contributed by atoms with van der Waals surface area (Å²) in [5.41, 5.74) is -0.364. The second-order valence-corrected chi connectivity index (χ2v) is 5.71. The molecule has 17 heavy (non-hydrogen) atoms. The van der Waals surface area contributed by atoms with E-state index in [2.05, 4.69) is 37.1 Å². The monoisotopic (exact) mass is 237 g/mol. The minimum Gasteiger partial charge on any atom is -0.301 e. The molecule has 1 unspecified atom stereocenters. The predicted octanol–water partition coefficient (Wildman–Crippen LogP) is 2.53. The SMILES string of the molecule is CCN(CCCC(C)(C#N)NC(C)C)C1CC1. The van der Waals surface area contributed by atoms with Crippen molar-refractivity contribution in [1.82, 2.24) is 10.2 Å². The van der Waals surface area contributed by atoms with Crippen molar-refractivity contribution in [2.24, 2.45) is 0 Å². The van der Waals surface area contributed by atoms with Crippen molar-refractivity contribution in [3.8, 4) is 6.07 Å². The van der Waals surface area contributed by atoms with Gasteiger partial charge in [0.15, 0.2) is 0 Å². The van der Waals surface area contributed by atoms with Crippen molar-refractivity contribution in [2.45, 2.75) is 71.0 Å². The zero-order valence-corrected chi connectivity index (χ0v) is 11.8. The Labute approximate surface area is 106 Å². The van der Waals surface area contributed by atoms with Gasteiger partial charge in [0, 0.05) is 12.1 Å². The van der Waals surface area contributed by atoms with Gasteiger partial charge in [0.1, 0.15) is 5.54 Å². The summed E-state index contributed by atoms with van der Waals surface area (Å²) in [5.74, 6) is 0. The van der Waals surface area contributed by atoms with Gasteiger partial charge in [-0.3, -0.25) is 5.32 Å². The Bertz CT molecular complexity index is 265. The van der Waals surface area contributed by atoms with Gasteiger partial charge in [-0.2, -0.15) is 5.26 Å². The Hall–Kier alpha value is -0.590. The molecular weight excluding hydrogens is 210 g/mol. The molecule has 3 heteroatoms. The highest BCUT2D eigenvalue weighted by Crippen LogP contribution is 2.27. The van der Waals surface area contributed by atoms with E-state index in [1.165, 1.54) is 12.8 Å². The molecule has 1 atom stereocenters. The molecule has 0 aromatic heterocycles. The summed E-state index contributed by atoms with van der Waals surface area (Å²) in [7, 11) is 0. The van der Waals surface area contributed by atoms with Crippen LogP contribution in [-0.2, 0) is 0 Å². The first kappa shape index (κ1) is 14.5. The Kier molecular flexibility index (Phi) is 5.42. The molecule has 0 heterocycles. The zero-order chi connectivity index (χ0) is 12.9. The maximum absolute atomic E-state index is 9.25. The highest BCUT2D eigenvalue weighted by molar-refractivity contribution is 5.04.